The molecule has 0 spiro atoms. The van der Waals surface area contributed by atoms with E-state index in [1.54, 1.807) is 32.6 Å². The van der Waals surface area contributed by atoms with Crippen molar-refractivity contribution in [3.63, 3.8) is 0 Å². The van der Waals surface area contributed by atoms with Gasteiger partial charge in [0.1, 0.15) is 0 Å². The van der Waals surface area contributed by atoms with Gasteiger partial charge in [-0.3, -0.25) is 4.55 Å². The molecular formula is C15H34O4SSn. The van der Waals surface area contributed by atoms with Gasteiger partial charge in [0.15, 0.2) is 0 Å². The first-order chi connectivity index (χ1) is 9.85. The molecule has 0 atom stereocenters. The van der Waals surface area contributed by atoms with Crippen LogP contribution in [-0.4, -0.2) is 37.3 Å². The maximum Gasteiger partial charge on any atom is 0.215 e. The molecule has 0 saturated carbocycles. The molecule has 0 rings (SSSR count). The Morgan fingerprint density at radius 1 is 0.762 bits per heavy atom. The molecule has 0 unspecified atom stereocenters. The van der Waals surface area contributed by atoms with Crippen LogP contribution in [0.4, 0.5) is 0 Å². The van der Waals surface area contributed by atoms with Crippen LogP contribution in [0.5, 0.6) is 0 Å². The van der Waals surface area contributed by atoms with Crippen LogP contribution in [0.2, 0.25) is 13.3 Å². The zero-order valence-electron chi connectivity index (χ0n) is 14.1. The number of hydrogen-bond donors (Lipinski definition) is 1. The first kappa shape index (κ1) is 23.9. The molecule has 0 heterocycles. The summed E-state index contributed by atoms with van der Waals surface area (Å²) in [6, 6.07) is 0. The maximum absolute atomic E-state index is 8.63. The van der Waals surface area contributed by atoms with Crippen molar-refractivity contribution in [3.05, 3.63) is 0 Å². The third-order valence-electron chi connectivity index (χ3n) is 3.40. The predicted octanol–water partition coefficient (Wildman–Crippen LogP) is 5.06. The quantitative estimate of drug-likeness (QED) is 0.204. The molecule has 1 N–H and O–H groups in total. The summed E-state index contributed by atoms with van der Waals surface area (Å²) >= 11 is -0.900. The average molecular weight is 429 g/mol. The van der Waals surface area contributed by atoms with Gasteiger partial charge in [-0.2, -0.15) is 0 Å². The van der Waals surface area contributed by atoms with Crippen molar-refractivity contribution in [1.29, 1.82) is 0 Å². The van der Waals surface area contributed by atoms with E-state index in [0.29, 0.717) is 0 Å². The van der Waals surface area contributed by atoms with Crippen molar-refractivity contribution in [2.24, 2.45) is 0 Å². The van der Waals surface area contributed by atoms with Gasteiger partial charge in [0.05, 0.1) is 0 Å². The van der Waals surface area contributed by atoms with Crippen molar-refractivity contribution in [2.75, 3.05) is 0 Å². The molecule has 4 nitrogen and oxygen atoms in total. The maximum atomic E-state index is 8.63. The summed E-state index contributed by atoms with van der Waals surface area (Å²) in [6.45, 7) is 6.99. The molecule has 128 valence electrons. The molecule has 0 fully saturated rings. The van der Waals surface area contributed by atoms with Gasteiger partial charge in [0.2, 0.25) is 10.4 Å². The number of hydrogen-bond acceptors (Lipinski definition) is 3. The Morgan fingerprint density at radius 3 is 1.19 bits per heavy atom. The largest absolute Gasteiger partial charge is 0.726 e. The van der Waals surface area contributed by atoms with Gasteiger partial charge < -0.3 is 4.55 Å². The Hall–Kier alpha value is 0.669. The molecule has 0 aliphatic rings. The minimum absolute atomic E-state index is 0.900. The summed E-state index contributed by atoms with van der Waals surface area (Å²) in [7, 11) is -4.92. The monoisotopic (exact) mass is 430 g/mol. The van der Waals surface area contributed by atoms with E-state index < -0.39 is 30.2 Å². The zero-order chi connectivity index (χ0) is 16.6. The molecule has 0 aliphatic heterocycles. The molecule has 6 heteroatoms. The van der Waals surface area contributed by atoms with Crippen molar-refractivity contribution in [1.82, 2.24) is 0 Å². The fourth-order valence-electron chi connectivity index (χ4n) is 2.25. The Balaban J connectivity index is 0. The summed E-state index contributed by atoms with van der Waals surface area (Å²) < 4.78 is 37.9. The van der Waals surface area contributed by atoms with Crippen LogP contribution in [0.25, 0.3) is 0 Å². The average Bonchev–Trinajstić information content (AvgIpc) is 2.37. The molecule has 0 bridgehead atoms. The summed E-state index contributed by atoms with van der Waals surface area (Å²) in [5.41, 5.74) is 0. The molecule has 0 aromatic heterocycles. The van der Waals surface area contributed by atoms with Gasteiger partial charge in [0, 0.05) is 0 Å². The molecule has 0 aliphatic carbocycles. The first-order valence-corrected chi connectivity index (χ1v) is 15.8. The van der Waals surface area contributed by atoms with Crippen LogP contribution in [0.3, 0.4) is 0 Å². The van der Waals surface area contributed by atoms with E-state index in [1.165, 1.54) is 38.5 Å². The van der Waals surface area contributed by atoms with E-state index in [4.69, 9.17) is 17.5 Å². The number of rotatable bonds is 12. The summed E-state index contributed by atoms with van der Waals surface area (Å²) in [6.07, 6.45) is 13.4. The minimum Gasteiger partial charge on any atom is -0.726 e. The Labute approximate surface area is 139 Å². The van der Waals surface area contributed by atoms with Crippen LogP contribution in [0.15, 0.2) is 0 Å². The zero-order valence-corrected chi connectivity index (χ0v) is 17.7. The predicted molar refractivity (Wildman–Crippen MR) is 91.1 cm³/mol. The van der Waals surface area contributed by atoms with E-state index in [-0.39, 0.29) is 0 Å². The van der Waals surface area contributed by atoms with Crippen LogP contribution in [0.1, 0.15) is 78.6 Å². The molecule has 0 radical (unpaired) electrons. The van der Waals surface area contributed by atoms with Crippen LogP contribution >= 0.6 is 0 Å². The van der Waals surface area contributed by atoms with Gasteiger partial charge in [-0.15, -0.1) is 0 Å². The van der Waals surface area contributed by atoms with Gasteiger partial charge in [-0.1, -0.05) is 0 Å². The van der Waals surface area contributed by atoms with Crippen molar-refractivity contribution >= 4 is 30.2 Å². The van der Waals surface area contributed by atoms with Gasteiger partial charge in [-0.05, 0) is 0 Å². The van der Waals surface area contributed by atoms with Crippen LogP contribution in [-0.2, 0) is 10.4 Å². The summed E-state index contributed by atoms with van der Waals surface area (Å²) in [4.78, 5) is 0. The summed E-state index contributed by atoms with van der Waals surface area (Å²) in [5.74, 6) is 0. The molecule has 0 saturated heterocycles. The van der Waals surface area contributed by atoms with Gasteiger partial charge in [0.25, 0.3) is 0 Å². The fraction of sp³-hybridized carbons (Fsp3) is 1.00. The van der Waals surface area contributed by atoms with E-state index in [2.05, 4.69) is 20.8 Å². The third kappa shape index (κ3) is 29.3. The Bertz CT molecular complexity index is 262. The molecule has 0 amide bonds. The molecule has 0 aromatic rings. The fourth-order valence-corrected chi connectivity index (χ4v) is 10.8. The SMILES string of the molecule is CCCC[CH2][Sn+]([CH2]CCCC)[CH2]CCCC.O=S(=O)([O-])O. The van der Waals surface area contributed by atoms with Crippen molar-refractivity contribution in [3.8, 4) is 0 Å². The molecule has 0 aromatic carbocycles. The second kappa shape index (κ2) is 17.0. The summed E-state index contributed by atoms with van der Waals surface area (Å²) in [5, 5.41) is 0. The van der Waals surface area contributed by atoms with Crippen molar-refractivity contribution < 1.29 is 17.5 Å². The Morgan fingerprint density at radius 2 is 1.00 bits per heavy atom. The van der Waals surface area contributed by atoms with E-state index in [9.17, 15) is 0 Å². The normalized spacial score (nSPS) is 10.9. The standard InChI is InChI=1S/3C5H11.H2O4S.Sn/c3*1-3-5-4-2;1-5(2,3)4;/h3*1,3-5H2,2H3;(H2,1,2,3,4);/q;;;;+1/p-1. The topological polar surface area (TPSA) is 77.4 Å². The molecule has 21 heavy (non-hydrogen) atoms. The van der Waals surface area contributed by atoms with Gasteiger partial charge >= 0.3 is 112 Å². The second-order valence-electron chi connectivity index (χ2n) is 5.55. The van der Waals surface area contributed by atoms with E-state index in [0.717, 1.165) is 0 Å². The van der Waals surface area contributed by atoms with Crippen LogP contribution < -0.4 is 0 Å². The molecular weight excluding hydrogens is 395 g/mol. The van der Waals surface area contributed by atoms with Gasteiger partial charge in [-0.25, -0.2) is 8.42 Å². The smallest absolute Gasteiger partial charge is 0.215 e. The number of unbranched alkanes of at least 4 members (excludes halogenated alkanes) is 6. The van der Waals surface area contributed by atoms with Crippen LogP contribution in [0, 0.1) is 0 Å². The van der Waals surface area contributed by atoms with Crippen molar-refractivity contribution in [2.45, 2.75) is 91.9 Å². The van der Waals surface area contributed by atoms with E-state index >= 15 is 0 Å². The Kier molecular flexibility index (Phi) is 19.4. The minimum atomic E-state index is -4.92. The second-order valence-corrected chi connectivity index (χ2v) is 15.0. The third-order valence-corrected chi connectivity index (χ3v) is 12.5. The van der Waals surface area contributed by atoms with E-state index in [1.807, 2.05) is 0 Å². The first-order valence-electron chi connectivity index (χ1n) is 8.36.